The molecule has 6 heteroatoms. The first kappa shape index (κ1) is 13.8. The summed E-state index contributed by atoms with van der Waals surface area (Å²) in [5.74, 6) is 0.259. The van der Waals surface area contributed by atoms with Crippen molar-refractivity contribution in [2.45, 2.75) is 6.92 Å². The molecule has 0 fully saturated rings. The number of amidine groups is 1. The van der Waals surface area contributed by atoms with Crippen LogP contribution in [0.4, 0.5) is 0 Å². The lowest BCUT2D eigenvalue weighted by molar-refractivity contribution is -0.122. The Morgan fingerprint density at radius 3 is 2.65 bits per heavy atom. The van der Waals surface area contributed by atoms with Crippen LogP contribution in [0, 0.1) is 0 Å². The molecule has 0 radical (unpaired) electrons. The molecule has 2 rings (SSSR count). The summed E-state index contributed by atoms with van der Waals surface area (Å²) < 4.78 is 0. The zero-order valence-corrected chi connectivity index (χ0v) is 11.3. The zero-order valence-electron chi connectivity index (χ0n) is 11.3. The predicted octanol–water partition coefficient (Wildman–Crippen LogP) is 0.740. The van der Waals surface area contributed by atoms with Gasteiger partial charge in [0.05, 0.1) is 6.54 Å². The van der Waals surface area contributed by atoms with Crippen LogP contribution in [-0.4, -0.2) is 41.2 Å². The van der Waals surface area contributed by atoms with Gasteiger partial charge in [0, 0.05) is 14.0 Å². The van der Waals surface area contributed by atoms with Crippen molar-refractivity contribution in [1.82, 2.24) is 10.2 Å². The molecule has 0 aliphatic carbocycles. The van der Waals surface area contributed by atoms with E-state index in [9.17, 15) is 14.7 Å². The first-order chi connectivity index (χ1) is 9.47. The number of phenols is 1. The molecule has 0 saturated carbocycles. The minimum atomic E-state index is -0.224. The summed E-state index contributed by atoms with van der Waals surface area (Å²) in [5.41, 5.74) is 1.07. The van der Waals surface area contributed by atoms with Gasteiger partial charge in [0.2, 0.25) is 5.91 Å². The Kier molecular flexibility index (Phi) is 3.84. The number of nitrogens with zero attached hydrogens (tertiary/aromatic N) is 2. The van der Waals surface area contributed by atoms with Crippen molar-refractivity contribution in [3.05, 3.63) is 35.5 Å². The molecule has 2 amide bonds. The Morgan fingerprint density at radius 2 is 2.05 bits per heavy atom. The quantitative estimate of drug-likeness (QED) is 0.797. The van der Waals surface area contributed by atoms with E-state index in [0.717, 1.165) is 5.56 Å². The van der Waals surface area contributed by atoms with Crippen LogP contribution in [0.1, 0.15) is 12.5 Å². The van der Waals surface area contributed by atoms with Crippen molar-refractivity contribution in [3.63, 3.8) is 0 Å². The molecule has 0 spiro atoms. The normalized spacial score (nSPS) is 16.5. The highest BCUT2D eigenvalue weighted by atomic mass is 16.3. The van der Waals surface area contributed by atoms with Gasteiger partial charge in [-0.15, -0.1) is 0 Å². The van der Waals surface area contributed by atoms with Crippen LogP contribution in [0.2, 0.25) is 0 Å². The first-order valence-corrected chi connectivity index (χ1v) is 6.08. The van der Waals surface area contributed by atoms with Crippen LogP contribution in [0.3, 0.4) is 0 Å². The molecule has 104 valence electrons. The van der Waals surface area contributed by atoms with Crippen molar-refractivity contribution in [2.75, 3.05) is 13.6 Å². The second-order valence-corrected chi connectivity index (χ2v) is 4.42. The molecule has 0 saturated heterocycles. The molecule has 0 unspecified atom stereocenters. The van der Waals surface area contributed by atoms with E-state index in [1.807, 2.05) is 0 Å². The van der Waals surface area contributed by atoms with E-state index in [0.29, 0.717) is 11.5 Å². The van der Waals surface area contributed by atoms with E-state index >= 15 is 0 Å². The van der Waals surface area contributed by atoms with Crippen LogP contribution in [0.5, 0.6) is 5.75 Å². The van der Waals surface area contributed by atoms with Crippen LogP contribution in [0.15, 0.2) is 35.0 Å². The van der Waals surface area contributed by atoms with E-state index in [2.05, 4.69) is 10.3 Å². The largest absolute Gasteiger partial charge is 0.508 e. The second kappa shape index (κ2) is 5.56. The highest BCUT2D eigenvalue weighted by Crippen LogP contribution is 2.18. The maximum Gasteiger partial charge on any atom is 0.277 e. The van der Waals surface area contributed by atoms with Crippen molar-refractivity contribution in [2.24, 2.45) is 4.99 Å². The lowest BCUT2D eigenvalue weighted by Gasteiger charge is -2.11. The highest BCUT2D eigenvalue weighted by molar-refractivity contribution is 6.15. The van der Waals surface area contributed by atoms with Gasteiger partial charge in [0.1, 0.15) is 17.3 Å². The molecular weight excluding hydrogens is 258 g/mol. The summed E-state index contributed by atoms with van der Waals surface area (Å²) in [4.78, 5) is 28.5. The third kappa shape index (κ3) is 3.03. The van der Waals surface area contributed by atoms with Crippen LogP contribution >= 0.6 is 0 Å². The Hall–Kier alpha value is -2.63. The van der Waals surface area contributed by atoms with Gasteiger partial charge in [-0.05, 0) is 23.8 Å². The first-order valence-electron chi connectivity index (χ1n) is 6.08. The predicted molar refractivity (Wildman–Crippen MR) is 75.0 cm³/mol. The molecule has 0 bridgehead atoms. The van der Waals surface area contributed by atoms with Crippen molar-refractivity contribution < 1.29 is 14.7 Å². The lowest BCUT2D eigenvalue weighted by Crippen LogP contribution is -2.36. The Bertz CT molecular complexity index is 603. The van der Waals surface area contributed by atoms with Gasteiger partial charge >= 0.3 is 0 Å². The number of rotatable bonds is 3. The van der Waals surface area contributed by atoms with Gasteiger partial charge in [0.25, 0.3) is 5.91 Å². The van der Waals surface area contributed by atoms with Gasteiger partial charge in [-0.1, -0.05) is 12.1 Å². The smallest absolute Gasteiger partial charge is 0.277 e. The Labute approximate surface area is 116 Å². The van der Waals surface area contributed by atoms with Crippen molar-refractivity contribution in [1.29, 1.82) is 0 Å². The Morgan fingerprint density at radius 1 is 1.40 bits per heavy atom. The molecule has 2 N–H and O–H groups in total. The van der Waals surface area contributed by atoms with Crippen molar-refractivity contribution >= 4 is 23.7 Å². The molecule has 0 atom stereocenters. The minimum Gasteiger partial charge on any atom is -0.508 e. The van der Waals surface area contributed by atoms with Crippen LogP contribution in [0.25, 0.3) is 6.08 Å². The highest BCUT2D eigenvalue weighted by Gasteiger charge is 2.26. The summed E-state index contributed by atoms with van der Waals surface area (Å²) in [5, 5.41) is 11.8. The molecule has 1 aliphatic heterocycles. The number of phenolic OH excluding ortho intramolecular Hbond substituents is 1. The van der Waals surface area contributed by atoms with Gasteiger partial charge in [0.15, 0.2) is 0 Å². The molecule has 6 nitrogen and oxygen atoms in total. The third-order valence-corrected chi connectivity index (χ3v) is 2.85. The van der Waals surface area contributed by atoms with E-state index < -0.39 is 0 Å². The number of carbonyl (C=O) groups excluding carboxylic acids is 2. The van der Waals surface area contributed by atoms with E-state index in [1.165, 1.54) is 24.0 Å². The second-order valence-electron chi connectivity index (χ2n) is 4.42. The Balaban J connectivity index is 2.21. The van der Waals surface area contributed by atoms with Gasteiger partial charge < -0.3 is 10.4 Å². The van der Waals surface area contributed by atoms with Gasteiger partial charge in [-0.2, -0.15) is 0 Å². The fraction of sp³-hybridized carbons (Fsp3) is 0.214. The number of aliphatic imine (C=N–C) groups is 1. The number of amides is 2. The van der Waals surface area contributed by atoms with Crippen LogP contribution in [-0.2, 0) is 9.59 Å². The fourth-order valence-electron chi connectivity index (χ4n) is 1.73. The van der Waals surface area contributed by atoms with Crippen molar-refractivity contribution in [3.8, 4) is 5.75 Å². The molecule has 0 aromatic heterocycles. The number of carbonyl (C=O) groups is 2. The third-order valence-electron chi connectivity index (χ3n) is 2.85. The minimum absolute atomic E-state index is 0.164. The summed E-state index contributed by atoms with van der Waals surface area (Å²) in [6.45, 7) is 1.62. The number of aromatic hydroxyl groups is 1. The summed E-state index contributed by atoms with van der Waals surface area (Å²) in [6, 6.07) is 6.46. The fourth-order valence-corrected chi connectivity index (χ4v) is 1.73. The summed E-state index contributed by atoms with van der Waals surface area (Å²) >= 11 is 0. The molecular formula is C14H15N3O3. The van der Waals surface area contributed by atoms with Gasteiger partial charge in [-0.3, -0.25) is 14.5 Å². The van der Waals surface area contributed by atoms with E-state index in [-0.39, 0.29) is 24.1 Å². The molecule has 1 heterocycles. The maximum atomic E-state index is 12.0. The maximum absolute atomic E-state index is 12.0. The molecule has 1 aromatic carbocycles. The monoisotopic (exact) mass is 273 g/mol. The van der Waals surface area contributed by atoms with Gasteiger partial charge in [-0.25, -0.2) is 4.99 Å². The lowest BCUT2D eigenvalue weighted by atomic mass is 10.2. The topological polar surface area (TPSA) is 82.0 Å². The number of benzene rings is 1. The standard InChI is InChI=1S/C14H15N3O3/c1-9(18)15-8-13-16-12(14(20)17(13)2)7-10-3-5-11(19)6-4-10/h3-7,19H,8H2,1-2H3,(H,15,18)/b12-7-. The van der Waals surface area contributed by atoms with Crippen LogP contribution < -0.4 is 5.32 Å². The zero-order chi connectivity index (χ0) is 14.7. The molecule has 1 aromatic rings. The summed E-state index contributed by atoms with van der Waals surface area (Å²) in [7, 11) is 1.61. The average molecular weight is 273 g/mol. The average Bonchev–Trinajstić information content (AvgIpc) is 2.67. The number of nitrogens with one attached hydrogen (secondary N) is 1. The number of likely N-dealkylation sites (N-methyl/N-ethyl adjacent to an activating group) is 1. The SMILES string of the molecule is CC(=O)NCC1=N/C(=C\c2ccc(O)cc2)C(=O)N1C. The molecule has 1 aliphatic rings. The molecule has 20 heavy (non-hydrogen) atoms. The van der Waals surface area contributed by atoms with E-state index in [4.69, 9.17) is 0 Å². The van der Waals surface area contributed by atoms with E-state index in [1.54, 1.807) is 25.3 Å². The number of hydrogen-bond acceptors (Lipinski definition) is 4. The summed E-state index contributed by atoms with van der Waals surface area (Å²) in [6.07, 6.45) is 1.64. The number of hydrogen-bond donors (Lipinski definition) is 2.